The summed E-state index contributed by atoms with van der Waals surface area (Å²) in [6, 6.07) is 9.44. The van der Waals surface area contributed by atoms with E-state index in [4.69, 9.17) is 0 Å². The number of rotatable bonds is 6. The van der Waals surface area contributed by atoms with Crippen LogP contribution in [-0.2, 0) is 11.3 Å². The zero-order chi connectivity index (χ0) is 17.4. The molecule has 1 saturated heterocycles. The lowest BCUT2D eigenvalue weighted by molar-refractivity contribution is -0.184. The van der Waals surface area contributed by atoms with Gasteiger partial charge in [0.2, 0.25) is 0 Å². The molecule has 134 valence electrons. The Labute approximate surface area is 139 Å². The highest BCUT2D eigenvalue weighted by Crippen LogP contribution is 2.14. The summed E-state index contributed by atoms with van der Waals surface area (Å²) >= 11 is 0. The van der Waals surface area contributed by atoms with Gasteiger partial charge < -0.3 is 10.2 Å². The Kier molecular flexibility index (Phi) is 6.86. The van der Waals surface area contributed by atoms with Gasteiger partial charge in [-0.05, 0) is 24.8 Å². The largest absolute Gasteiger partial charge is 0.414 e. The van der Waals surface area contributed by atoms with E-state index in [0.29, 0.717) is 0 Å². The highest BCUT2D eigenvalue weighted by molar-refractivity contribution is 5.73. The van der Waals surface area contributed by atoms with Crippen LogP contribution in [0.15, 0.2) is 30.3 Å². The van der Waals surface area contributed by atoms with Crippen LogP contribution in [0.5, 0.6) is 0 Å². The Morgan fingerprint density at radius 1 is 1.21 bits per heavy atom. The monoisotopic (exact) mass is 345 g/mol. The van der Waals surface area contributed by atoms with Crippen molar-refractivity contribution in [1.82, 2.24) is 15.7 Å². The van der Waals surface area contributed by atoms with Crippen LogP contribution < -0.4 is 10.8 Å². The third kappa shape index (κ3) is 7.18. The van der Waals surface area contributed by atoms with Gasteiger partial charge >= 0.3 is 12.2 Å². The molecule has 2 rings (SSSR count). The van der Waals surface area contributed by atoms with Gasteiger partial charge in [0.1, 0.15) is 0 Å². The van der Waals surface area contributed by atoms with E-state index in [-0.39, 0.29) is 6.04 Å². The first kappa shape index (κ1) is 18.5. The number of nitrogens with zero attached hydrogens (tertiary/aromatic N) is 1. The van der Waals surface area contributed by atoms with Crippen LogP contribution in [0.2, 0.25) is 0 Å². The number of benzene rings is 1. The van der Waals surface area contributed by atoms with Crippen LogP contribution >= 0.6 is 0 Å². The molecule has 2 N–H and O–H groups in total. The molecular weight excluding hydrogens is 323 g/mol. The van der Waals surface area contributed by atoms with Gasteiger partial charge in [-0.1, -0.05) is 30.3 Å². The maximum atomic E-state index is 11.9. The normalized spacial score (nSPS) is 16.8. The van der Waals surface area contributed by atoms with Crippen molar-refractivity contribution in [1.29, 1.82) is 0 Å². The number of carbonyl (C=O) groups is 1. The lowest BCUT2D eigenvalue weighted by atomic mass is 10.0. The second-order valence-corrected chi connectivity index (χ2v) is 5.83. The standard InChI is InChI=1S/C16H22F3N3O2/c17-16(18,19)12-24-21-15(23)20-14-7-10-22(11-8-14)9-6-13-4-2-1-3-5-13/h1-5,14H,6-12H2,(H2,20,21,23). The van der Waals surface area contributed by atoms with E-state index in [1.165, 1.54) is 5.56 Å². The molecule has 0 radical (unpaired) electrons. The van der Waals surface area contributed by atoms with E-state index in [1.54, 1.807) is 5.48 Å². The number of carbonyl (C=O) groups excluding carboxylic acids is 1. The minimum Gasteiger partial charge on any atom is -0.334 e. The molecule has 0 aromatic heterocycles. The maximum absolute atomic E-state index is 11.9. The zero-order valence-electron chi connectivity index (χ0n) is 13.3. The molecule has 0 aliphatic carbocycles. The smallest absolute Gasteiger partial charge is 0.334 e. The molecule has 2 amide bonds. The zero-order valence-corrected chi connectivity index (χ0v) is 13.3. The van der Waals surface area contributed by atoms with Crippen molar-refractivity contribution in [2.75, 3.05) is 26.2 Å². The molecule has 5 nitrogen and oxygen atoms in total. The molecule has 1 aromatic rings. The minimum atomic E-state index is -4.46. The van der Waals surface area contributed by atoms with Gasteiger partial charge in [-0.3, -0.25) is 4.84 Å². The molecule has 0 spiro atoms. The molecule has 1 heterocycles. The van der Waals surface area contributed by atoms with E-state index < -0.39 is 18.8 Å². The van der Waals surface area contributed by atoms with Gasteiger partial charge in [-0.25, -0.2) is 10.3 Å². The van der Waals surface area contributed by atoms with Crippen molar-refractivity contribution in [2.45, 2.75) is 31.5 Å². The Hall–Kier alpha value is -1.80. The summed E-state index contributed by atoms with van der Waals surface area (Å²) in [5.74, 6) is 0. The average Bonchev–Trinajstić information content (AvgIpc) is 2.54. The van der Waals surface area contributed by atoms with Gasteiger partial charge in [0.15, 0.2) is 6.61 Å². The minimum absolute atomic E-state index is 0.0486. The summed E-state index contributed by atoms with van der Waals surface area (Å²) < 4.78 is 35.7. The molecule has 0 atom stereocenters. The van der Waals surface area contributed by atoms with E-state index in [9.17, 15) is 18.0 Å². The van der Waals surface area contributed by atoms with Crippen molar-refractivity contribution in [3.63, 3.8) is 0 Å². The number of amides is 2. The highest BCUT2D eigenvalue weighted by atomic mass is 19.4. The quantitative estimate of drug-likeness (QED) is 0.779. The van der Waals surface area contributed by atoms with Crippen LogP contribution in [0, 0.1) is 0 Å². The molecule has 24 heavy (non-hydrogen) atoms. The molecule has 0 unspecified atom stereocenters. The lowest BCUT2D eigenvalue weighted by Crippen LogP contribution is -2.48. The predicted molar refractivity (Wildman–Crippen MR) is 83.3 cm³/mol. The summed E-state index contributed by atoms with van der Waals surface area (Å²) in [6.45, 7) is 1.15. The molecule has 0 saturated carbocycles. The fourth-order valence-electron chi connectivity index (χ4n) is 2.63. The van der Waals surface area contributed by atoms with Crippen molar-refractivity contribution in [2.24, 2.45) is 0 Å². The first-order chi connectivity index (χ1) is 11.4. The number of likely N-dealkylation sites (tertiary alicyclic amines) is 1. The number of halogens is 3. The van der Waals surface area contributed by atoms with Crippen LogP contribution in [-0.4, -0.2) is 49.4 Å². The third-order valence-electron chi connectivity index (χ3n) is 3.88. The second-order valence-electron chi connectivity index (χ2n) is 5.83. The predicted octanol–water partition coefficient (Wildman–Crippen LogP) is 2.49. The first-order valence-corrected chi connectivity index (χ1v) is 7.94. The van der Waals surface area contributed by atoms with Crippen molar-refractivity contribution in [3.05, 3.63) is 35.9 Å². The molecule has 8 heteroatoms. The summed E-state index contributed by atoms with van der Waals surface area (Å²) in [5, 5.41) is 2.63. The Morgan fingerprint density at radius 3 is 2.50 bits per heavy atom. The van der Waals surface area contributed by atoms with Crippen LogP contribution in [0.25, 0.3) is 0 Å². The summed E-state index contributed by atoms with van der Waals surface area (Å²) in [5.41, 5.74) is 3.05. The van der Waals surface area contributed by atoms with E-state index in [1.807, 2.05) is 18.2 Å². The van der Waals surface area contributed by atoms with Crippen molar-refractivity contribution < 1.29 is 22.8 Å². The van der Waals surface area contributed by atoms with Crippen LogP contribution in [0.1, 0.15) is 18.4 Å². The number of hydroxylamine groups is 1. The van der Waals surface area contributed by atoms with E-state index in [0.717, 1.165) is 38.9 Å². The van der Waals surface area contributed by atoms with Gasteiger partial charge in [-0.15, -0.1) is 0 Å². The van der Waals surface area contributed by atoms with Crippen molar-refractivity contribution >= 4 is 6.03 Å². The Bertz CT molecular complexity index is 503. The van der Waals surface area contributed by atoms with E-state index in [2.05, 4.69) is 27.2 Å². The number of piperidine rings is 1. The highest BCUT2D eigenvalue weighted by Gasteiger charge is 2.28. The van der Waals surface area contributed by atoms with Crippen molar-refractivity contribution in [3.8, 4) is 0 Å². The van der Waals surface area contributed by atoms with Crippen LogP contribution in [0.4, 0.5) is 18.0 Å². The SMILES string of the molecule is O=C(NOCC(F)(F)F)NC1CCN(CCc2ccccc2)CC1. The molecular formula is C16H22F3N3O2. The number of hydrogen-bond acceptors (Lipinski definition) is 3. The Morgan fingerprint density at radius 2 is 1.88 bits per heavy atom. The average molecular weight is 345 g/mol. The first-order valence-electron chi connectivity index (χ1n) is 7.94. The number of nitrogens with one attached hydrogen (secondary N) is 2. The summed E-state index contributed by atoms with van der Waals surface area (Å²) in [4.78, 5) is 17.9. The van der Waals surface area contributed by atoms with Crippen LogP contribution in [0.3, 0.4) is 0 Å². The lowest BCUT2D eigenvalue weighted by Gasteiger charge is -2.32. The fraction of sp³-hybridized carbons (Fsp3) is 0.562. The summed E-state index contributed by atoms with van der Waals surface area (Å²) in [7, 11) is 0. The fourth-order valence-corrected chi connectivity index (χ4v) is 2.63. The maximum Gasteiger partial charge on any atom is 0.414 e. The topological polar surface area (TPSA) is 53.6 Å². The molecule has 1 aromatic carbocycles. The van der Waals surface area contributed by atoms with Gasteiger partial charge in [0.05, 0.1) is 0 Å². The molecule has 1 fully saturated rings. The number of hydrogen-bond donors (Lipinski definition) is 2. The third-order valence-corrected chi connectivity index (χ3v) is 3.88. The Balaban J connectivity index is 1.59. The van der Waals surface area contributed by atoms with Gasteiger partial charge in [0, 0.05) is 25.7 Å². The molecule has 1 aliphatic heterocycles. The molecule has 1 aliphatic rings. The van der Waals surface area contributed by atoms with Gasteiger partial charge in [0.25, 0.3) is 0 Å². The van der Waals surface area contributed by atoms with E-state index >= 15 is 0 Å². The molecule has 0 bridgehead atoms. The van der Waals surface area contributed by atoms with Gasteiger partial charge in [-0.2, -0.15) is 13.2 Å². The number of alkyl halides is 3. The summed E-state index contributed by atoms with van der Waals surface area (Å²) in [6.07, 6.45) is -1.95. The second kappa shape index (κ2) is 8.89. The number of urea groups is 1.